The van der Waals surface area contributed by atoms with E-state index in [2.05, 4.69) is 18.7 Å². The molecule has 0 aromatic heterocycles. The van der Waals surface area contributed by atoms with Crippen molar-refractivity contribution < 1.29 is 0 Å². The van der Waals surface area contributed by atoms with E-state index in [1.807, 2.05) is 0 Å². The Morgan fingerprint density at radius 2 is 1.70 bits per heavy atom. The monoisotopic (exact) mass is 248 g/mol. The zero-order valence-corrected chi connectivity index (χ0v) is 9.98. The van der Waals surface area contributed by atoms with Crippen LogP contribution in [0.1, 0.15) is 26.7 Å². The summed E-state index contributed by atoms with van der Waals surface area (Å²) in [5.41, 5.74) is 0. The van der Waals surface area contributed by atoms with E-state index in [0.29, 0.717) is 0 Å². The van der Waals surface area contributed by atoms with Gasteiger partial charge in [0.2, 0.25) is 0 Å². The molecule has 0 spiro atoms. The molecule has 59 valence electrons. The van der Waals surface area contributed by atoms with Crippen molar-refractivity contribution in [3.8, 4) is 0 Å². The van der Waals surface area contributed by atoms with Crippen LogP contribution in [0.5, 0.6) is 0 Å². The normalized spacial score (nSPS) is 24.0. The first kappa shape index (κ1) is 8.91. The Bertz CT molecular complexity index is 90.9. The molecule has 0 N–H and O–H groups in total. The van der Waals surface area contributed by atoms with Crippen molar-refractivity contribution in [3.05, 3.63) is 0 Å². The Balaban J connectivity index is 2.26. The second-order valence-electron chi connectivity index (χ2n) is 3.88. The van der Waals surface area contributed by atoms with Gasteiger partial charge in [0.15, 0.2) is 0 Å². The van der Waals surface area contributed by atoms with Gasteiger partial charge in [-0.1, -0.05) is 0 Å². The first-order valence-electron chi connectivity index (χ1n) is 4.38. The third-order valence-electron chi connectivity index (χ3n) is 2.71. The zero-order valence-electron chi connectivity index (χ0n) is 7.43. The third kappa shape index (κ3) is 2.45. The van der Waals surface area contributed by atoms with Gasteiger partial charge in [0, 0.05) is 0 Å². The van der Waals surface area contributed by atoms with Crippen LogP contribution in [0.15, 0.2) is 0 Å². The van der Waals surface area contributed by atoms with E-state index < -0.39 is 20.2 Å². The van der Waals surface area contributed by atoms with Crippen molar-refractivity contribution in [2.24, 2.45) is 11.8 Å². The molecule has 1 fully saturated rings. The van der Waals surface area contributed by atoms with Gasteiger partial charge in [-0.15, -0.1) is 0 Å². The fourth-order valence-electron chi connectivity index (χ4n) is 1.70. The summed E-state index contributed by atoms with van der Waals surface area (Å²) in [5.74, 6) is 2.04. The van der Waals surface area contributed by atoms with Crippen LogP contribution < -0.4 is 0 Å². The molecule has 0 amide bonds. The molecule has 1 heteroatoms. The van der Waals surface area contributed by atoms with E-state index in [9.17, 15) is 0 Å². The molecule has 1 aliphatic rings. The molecule has 1 saturated heterocycles. The second-order valence-corrected chi connectivity index (χ2v) is 11.3. The van der Waals surface area contributed by atoms with Crippen LogP contribution in [0, 0.1) is 11.8 Å². The van der Waals surface area contributed by atoms with Gasteiger partial charge in [-0.2, -0.15) is 0 Å². The van der Waals surface area contributed by atoms with Gasteiger partial charge in [-0.25, -0.2) is 0 Å². The van der Waals surface area contributed by atoms with Crippen LogP contribution in [0.25, 0.3) is 0 Å². The molecular weight excluding hydrogens is 230 g/mol. The van der Waals surface area contributed by atoms with Crippen LogP contribution in [-0.2, 0) is 0 Å². The number of hydrogen-bond donors (Lipinski definition) is 0. The van der Waals surface area contributed by atoms with Crippen molar-refractivity contribution in [1.29, 1.82) is 0 Å². The fraction of sp³-hybridized carbons (Fsp3) is 1.00. The van der Waals surface area contributed by atoms with E-state index in [1.165, 1.54) is 0 Å². The van der Waals surface area contributed by atoms with Crippen molar-refractivity contribution in [3.63, 3.8) is 0 Å². The van der Waals surface area contributed by atoms with Crippen LogP contribution in [-0.4, -0.2) is 20.2 Å². The van der Waals surface area contributed by atoms with Crippen LogP contribution in [0.2, 0.25) is 13.6 Å². The summed E-state index contributed by atoms with van der Waals surface area (Å²) in [6.45, 7) is 4.76. The van der Waals surface area contributed by atoms with Gasteiger partial charge in [-0.05, 0) is 0 Å². The van der Waals surface area contributed by atoms with Gasteiger partial charge in [0.25, 0.3) is 0 Å². The molecule has 0 unspecified atom stereocenters. The summed E-state index contributed by atoms with van der Waals surface area (Å²) in [5, 5.41) is 0. The quantitative estimate of drug-likeness (QED) is 0.626. The van der Waals surface area contributed by atoms with Gasteiger partial charge in [0.1, 0.15) is 0 Å². The van der Waals surface area contributed by atoms with Gasteiger partial charge >= 0.3 is 72.3 Å². The molecule has 1 aliphatic heterocycles. The first-order chi connectivity index (χ1) is 4.70. The molecule has 0 aliphatic carbocycles. The molecule has 1 rings (SSSR count). The maximum atomic E-state index is 2.57. The average molecular weight is 249 g/mol. The maximum absolute atomic E-state index is 2.57. The van der Waals surface area contributed by atoms with Gasteiger partial charge < -0.3 is 0 Å². The summed E-state index contributed by atoms with van der Waals surface area (Å²) in [4.78, 5) is 2.57. The van der Waals surface area contributed by atoms with Crippen molar-refractivity contribution in [1.82, 2.24) is 0 Å². The fourth-order valence-corrected chi connectivity index (χ4v) is 6.74. The molecule has 10 heavy (non-hydrogen) atoms. The topological polar surface area (TPSA) is 0 Å². The van der Waals surface area contributed by atoms with Crippen molar-refractivity contribution >= 4 is 20.2 Å². The summed E-state index contributed by atoms with van der Waals surface area (Å²) >= 11 is -0.553. The van der Waals surface area contributed by atoms with Gasteiger partial charge in [-0.3, -0.25) is 0 Å². The van der Waals surface area contributed by atoms with E-state index >= 15 is 0 Å². The Morgan fingerprint density at radius 3 is 2.10 bits per heavy atom. The van der Waals surface area contributed by atoms with Crippen molar-refractivity contribution in [2.75, 3.05) is 0 Å². The van der Waals surface area contributed by atoms with Crippen molar-refractivity contribution in [2.45, 2.75) is 40.3 Å². The van der Waals surface area contributed by atoms with Crippen LogP contribution in [0.3, 0.4) is 0 Å². The SMILES string of the molecule is CC(C)C1C[CH2][Sb+]([CH3])[CH2]C1. The molecule has 0 aromatic carbocycles. The average Bonchev–Trinajstić information content (AvgIpc) is 1.88. The number of rotatable bonds is 1. The van der Waals surface area contributed by atoms with Gasteiger partial charge in [0.05, 0.1) is 0 Å². The summed E-state index contributed by atoms with van der Waals surface area (Å²) < 4.78 is 3.32. The summed E-state index contributed by atoms with van der Waals surface area (Å²) in [7, 11) is 0. The Kier molecular flexibility index (Phi) is 3.56. The molecule has 1 heterocycles. The molecule has 0 bridgehead atoms. The summed E-state index contributed by atoms with van der Waals surface area (Å²) in [6.07, 6.45) is 3.13. The summed E-state index contributed by atoms with van der Waals surface area (Å²) in [6, 6.07) is 0. The predicted molar refractivity (Wildman–Crippen MR) is 48.8 cm³/mol. The molecule has 0 aromatic rings. The predicted octanol–water partition coefficient (Wildman–Crippen LogP) is 3.18. The van der Waals surface area contributed by atoms with E-state index in [4.69, 9.17) is 0 Å². The molecule has 0 saturated carbocycles. The van der Waals surface area contributed by atoms with Crippen LogP contribution in [0.4, 0.5) is 0 Å². The minimum atomic E-state index is -0.553. The van der Waals surface area contributed by atoms with E-state index in [0.717, 1.165) is 11.8 Å². The molecule has 0 atom stereocenters. The minimum absolute atomic E-state index is 0.553. The third-order valence-corrected chi connectivity index (χ3v) is 8.54. The molecule has 0 nitrogen and oxygen atoms in total. The first-order valence-corrected chi connectivity index (χ1v) is 10.5. The zero-order chi connectivity index (χ0) is 7.56. The second kappa shape index (κ2) is 4.00. The Labute approximate surface area is 72.3 Å². The standard InChI is InChI=1S/C8H16.CH3.Sb/c1-5-8(6-2)7(3)4;;/h7-8H,1-2,5-6H2,3-4H3;1H3;/q;;+1. The molecular formula is C9H19Sb+. The number of hydrogen-bond acceptors (Lipinski definition) is 0. The van der Waals surface area contributed by atoms with E-state index in [-0.39, 0.29) is 0 Å². The van der Waals surface area contributed by atoms with E-state index in [1.54, 1.807) is 21.6 Å². The van der Waals surface area contributed by atoms with Crippen LogP contribution >= 0.6 is 0 Å². The molecule has 1 radical (unpaired) electrons. The Morgan fingerprint density at radius 1 is 1.20 bits per heavy atom. The Hall–Kier alpha value is 0.818.